The van der Waals surface area contributed by atoms with Gasteiger partial charge in [-0.2, -0.15) is 0 Å². The van der Waals surface area contributed by atoms with E-state index in [-0.39, 0.29) is 5.78 Å². The van der Waals surface area contributed by atoms with Crippen LogP contribution in [0.5, 0.6) is 0 Å². The molecule has 0 bridgehead atoms. The van der Waals surface area contributed by atoms with Crippen molar-refractivity contribution in [3.63, 3.8) is 0 Å². The highest BCUT2D eigenvalue weighted by molar-refractivity contribution is 5.99. The van der Waals surface area contributed by atoms with Crippen LogP contribution in [0.4, 0.5) is 0 Å². The number of nitrogens with zero attached hydrogens (tertiary/aromatic N) is 2. The van der Waals surface area contributed by atoms with Crippen LogP contribution < -0.4 is 0 Å². The minimum absolute atomic E-state index is 0.191. The van der Waals surface area contributed by atoms with E-state index in [0.29, 0.717) is 6.42 Å². The van der Waals surface area contributed by atoms with Gasteiger partial charge in [0.2, 0.25) is 0 Å². The first-order valence-electron chi connectivity index (χ1n) is 7.58. The van der Waals surface area contributed by atoms with Crippen LogP contribution in [0, 0.1) is 0 Å². The Labute approximate surface area is 124 Å². The number of hydrogen-bond donors (Lipinski definition) is 1. The van der Waals surface area contributed by atoms with Gasteiger partial charge in [-0.25, -0.2) is 4.98 Å². The maximum Gasteiger partial charge on any atom is 0.164 e. The molecule has 0 spiro atoms. The Morgan fingerprint density at radius 3 is 2.95 bits per heavy atom. The smallest absolute Gasteiger partial charge is 0.164 e. The average molecular weight is 287 g/mol. The predicted molar refractivity (Wildman–Crippen MR) is 81.7 cm³/mol. The molecule has 2 aromatic rings. The first-order chi connectivity index (χ1) is 10.3. The molecular formula is C16H21N3O2. The van der Waals surface area contributed by atoms with Crippen LogP contribution in [0.15, 0.2) is 18.2 Å². The number of rotatable bonds is 5. The van der Waals surface area contributed by atoms with E-state index >= 15 is 0 Å². The number of carbonyl (C=O) groups excluding carboxylic acids is 1. The van der Waals surface area contributed by atoms with E-state index in [0.717, 1.165) is 61.7 Å². The second kappa shape index (κ2) is 6.37. The van der Waals surface area contributed by atoms with Crippen molar-refractivity contribution in [2.75, 3.05) is 32.8 Å². The molecule has 5 nitrogen and oxygen atoms in total. The van der Waals surface area contributed by atoms with Crippen molar-refractivity contribution in [1.29, 1.82) is 0 Å². The molecule has 1 aliphatic rings. The van der Waals surface area contributed by atoms with Gasteiger partial charge in [0.1, 0.15) is 5.82 Å². The fourth-order valence-electron chi connectivity index (χ4n) is 2.63. The summed E-state index contributed by atoms with van der Waals surface area (Å²) in [6, 6.07) is 5.72. The molecule has 2 heterocycles. The number of morpholine rings is 1. The molecule has 1 N–H and O–H groups in total. The van der Waals surface area contributed by atoms with Crippen LogP contribution in [0.1, 0.15) is 29.5 Å². The molecule has 1 fully saturated rings. The number of ether oxygens (including phenoxy) is 1. The molecule has 1 aliphatic heterocycles. The van der Waals surface area contributed by atoms with Gasteiger partial charge in [-0.05, 0) is 18.2 Å². The number of fused-ring (bicyclic) bond motifs is 1. The lowest BCUT2D eigenvalue weighted by Crippen LogP contribution is -2.37. The van der Waals surface area contributed by atoms with Crippen molar-refractivity contribution in [1.82, 2.24) is 14.9 Å². The summed E-state index contributed by atoms with van der Waals surface area (Å²) < 4.78 is 5.31. The van der Waals surface area contributed by atoms with Crippen molar-refractivity contribution in [3.05, 3.63) is 29.6 Å². The fraction of sp³-hybridized carbons (Fsp3) is 0.500. The number of ketones is 1. The summed E-state index contributed by atoms with van der Waals surface area (Å²) >= 11 is 0. The fourth-order valence-corrected chi connectivity index (χ4v) is 2.63. The minimum Gasteiger partial charge on any atom is -0.379 e. The highest BCUT2D eigenvalue weighted by Gasteiger charge is 2.13. The van der Waals surface area contributed by atoms with E-state index in [9.17, 15) is 4.79 Å². The van der Waals surface area contributed by atoms with Gasteiger partial charge in [0.15, 0.2) is 5.78 Å². The second-order valence-corrected chi connectivity index (χ2v) is 5.40. The van der Waals surface area contributed by atoms with Crippen LogP contribution in [-0.2, 0) is 11.2 Å². The molecule has 0 aliphatic carbocycles. The molecule has 3 rings (SSSR count). The summed E-state index contributed by atoms with van der Waals surface area (Å²) in [5, 5.41) is 0. The zero-order valence-corrected chi connectivity index (χ0v) is 12.4. The molecule has 0 saturated carbocycles. The molecular weight excluding hydrogens is 266 g/mol. The Bertz CT molecular complexity index is 629. The van der Waals surface area contributed by atoms with Gasteiger partial charge in [-0.1, -0.05) is 6.92 Å². The largest absolute Gasteiger partial charge is 0.379 e. The van der Waals surface area contributed by atoms with Crippen LogP contribution >= 0.6 is 0 Å². The molecule has 0 amide bonds. The molecule has 1 aromatic heterocycles. The van der Waals surface area contributed by atoms with Gasteiger partial charge >= 0.3 is 0 Å². The molecule has 0 radical (unpaired) electrons. The molecule has 1 saturated heterocycles. The Hall–Kier alpha value is -1.72. The standard InChI is InChI=1S/C16H21N3O2/c1-2-16-17-13-4-3-12(11-14(13)18-16)15(20)5-6-19-7-9-21-10-8-19/h3-4,11H,2,5-10H2,1H3,(H,17,18). The van der Waals surface area contributed by atoms with Gasteiger partial charge in [-0.15, -0.1) is 0 Å². The number of aromatic nitrogens is 2. The van der Waals surface area contributed by atoms with E-state index in [1.54, 1.807) is 0 Å². The highest BCUT2D eigenvalue weighted by atomic mass is 16.5. The normalized spacial score (nSPS) is 16.4. The summed E-state index contributed by atoms with van der Waals surface area (Å²) in [6.07, 6.45) is 1.43. The van der Waals surface area contributed by atoms with Gasteiger partial charge in [-0.3, -0.25) is 9.69 Å². The lowest BCUT2D eigenvalue weighted by Gasteiger charge is -2.26. The van der Waals surface area contributed by atoms with Crippen molar-refractivity contribution < 1.29 is 9.53 Å². The Balaban J connectivity index is 1.66. The Kier molecular flexibility index (Phi) is 4.31. The number of aryl methyl sites for hydroxylation is 1. The summed E-state index contributed by atoms with van der Waals surface area (Å²) in [7, 11) is 0. The maximum absolute atomic E-state index is 12.3. The lowest BCUT2D eigenvalue weighted by atomic mass is 10.1. The predicted octanol–water partition coefficient (Wildman–Crippen LogP) is 2.03. The van der Waals surface area contributed by atoms with Crippen LogP contribution in [0.3, 0.4) is 0 Å². The van der Waals surface area contributed by atoms with E-state index in [1.165, 1.54) is 0 Å². The van der Waals surface area contributed by atoms with Gasteiger partial charge in [0.25, 0.3) is 0 Å². The first-order valence-corrected chi connectivity index (χ1v) is 7.58. The van der Waals surface area contributed by atoms with Crippen LogP contribution in [-0.4, -0.2) is 53.5 Å². The number of nitrogens with one attached hydrogen (secondary N) is 1. The van der Waals surface area contributed by atoms with Gasteiger partial charge in [0.05, 0.1) is 24.2 Å². The van der Waals surface area contributed by atoms with Crippen molar-refractivity contribution in [2.45, 2.75) is 19.8 Å². The van der Waals surface area contributed by atoms with E-state index in [4.69, 9.17) is 4.74 Å². The number of H-pyrrole nitrogens is 1. The van der Waals surface area contributed by atoms with Crippen LogP contribution in [0.25, 0.3) is 11.0 Å². The summed E-state index contributed by atoms with van der Waals surface area (Å²) in [5.41, 5.74) is 2.64. The number of aromatic amines is 1. The zero-order chi connectivity index (χ0) is 14.7. The zero-order valence-electron chi connectivity index (χ0n) is 12.4. The first kappa shape index (κ1) is 14.2. The quantitative estimate of drug-likeness (QED) is 0.855. The van der Waals surface area contributed by atoms with Gasteiger partial charge in [0, 0.05) is 38.0 Å². The average Bonchev–Trinajstić information content (AvgIpc) is 2.95. The van der Waals surface area contributed by atoms with Crippen molar-refractivity contribution in [2.24, 2.45) is 0 Å². The summed E-state index contributed by atoms with van der Waals surface area (Å²) in [6.45, 7) is 6.26. The number of carbonyl (C=O) groups is 1. The topological polar surface area (TPSA) is 58.2 Å². The third kappa shape index (κ3) is 3.31. The monoisotopic (exact) mass is 287 g/mol. The maximum atomic E-state index is 12.3. The van der Waals surface area contributed by atoms with E-state index in [1.807, 2.05) is 18.2 Å². The van der Waals surface area contributed by atoms with Gasteiger partial charge < -0.3 is 9.72 Å². The molecule has 112 valence electrons. The number of imidazole rings is 1. The lowest BCUT2D eigenvalue weighted by molar-refractivity contribution is 0.0370. The van der Waals surface area contributed by atoms with Crippen LogP contribution in [0.2, 0.25) is 0 Å². The highest BCUT2D eigenvalue weighted by Crippen LogP contribution is 2.15. The Morgan fingerprint density at radius 2 is 2.19 bits per heavy atom. The summed E-state index contributed by atoms with van der Waals surface area (Å²) in [5.74, 6) is 1.15. The second-order valence-electron chi connectivity index (χ2n) is 5.40. The molecule has 0 atom stereocenters. The van der Waals surface area contributed by atoms with E-state index in [2.05, 4.69) is 21.8 Å². The third-order valence-electron chi connectivity index (χ3n) is 3.95. The minimum atomic E-state index is 0.191. The number of Topliss-reactive ketones (excluding diaryl/α,β-unsaturated/α-hetero) is 1. The summed E-state index contributed by atoms with van der Waals surface area (Å²) in [4.78, 5) is 22.3. The SMILES string of the molecule is CCc1nc2ccc(C(=O)CCN3CCOCC3)cc2[nH]1. The molecule has 0 unspecified atom stereocenters. The number of hydrogen-bond acceptors (Lipinski definition) is 4. The van der Waals surface area contributed by atoms with E-state index < -0.39 is 0 Å². The Morgan fingerprint density at radius 1 is 1.38 bits per heavy atom. The third-order valence-corrected chi connectivity index (χ3v) is 3.95. The molecule has 5 heteroatoms. The van der Waals surface area contributed by atoms with Crippen molar-refractivity contribution in [3.8, 4) is 0 Å². The molecule has 1 aromatic carbocycles. The molecule has 21 heavy (non-hydrogen) atoms. The number of benzene rings is 1. The van der Waals surface area contributed by atoms with Crippen molar-refractivity contribution >= 4 is 16.8 Å².